The maximum Gasteiger partial charge on any atom is 0.263 e. The van der Waals surface area contributed by atoms with E-state index < -0.39 is 0 Å². The zero-order valence-electron chi connectivity index (χ0n) is 14.6. The molecular formula is C20H20N2O2S. The second-order valence-electron chi connectivity index (χ2n) is 5.91. The number of ether oxygens (including phenoxy) is 1. The second kappa shape index (κ2) is 7.12. The third kappa shape index (κ3) is 3.06. The van der Waals surface area contributed by atoms with E-state index in [0.717, 1.165) is 45.9 Å². The Morgan fingerprint density at radius 2 is 2.16 bits per heavy atom. The van der Waals surface area contributed by atoms with Crippen LogP contribution in [0.15, 0.2) is 28.4 Å². The molecule has 0 spiro atoms. The first kappa shape index (κ1) is 17.2. The molecule has 0 unspecified atom stereocenters. The quantitative estimate of drug-likeness (QED) is 0.651. The summed E-state index contributed by atoms with van der Waals surface area (Å²) in [5.74, 6) is 4.07. The van der Waals surface area contributed by atoms with E-state index in [1.165, 1.54) is 11.3 Å². The predicted molar refractivity (Wildman–Crippen MR) is 103 cm³/mol. The van der Waals surface area contributed by atoms with Crippen molar-refractivity contribution in [2.45, 2.75) is 33.2 Å². The van der Waals surface area contributed by atoms with E-state index >= 15 is 0 Å². The summed E-state index contributed by atoms with van der Waals surface area (Å²) in [6, 6.07) is 5.95. The molecule has 0 radical (unpaired) electrons. The molecule has 4 nitrogen and oxygen atoms in total. The Kier molecular flexibility index (Phi) is 4.91. The van der Waals surface area contributed by atoms with Crippen LogP contribution in [-0.4, -0.2) is 16.7 Å². The lowest BCUT2D eigenvalue weighted by Crippen LogP contribution is -2.24. The highest BCUT2D eigenvalue weighted by atomic mass is 32.1. The largest absolute Gasteiger partial charge is 0.496 e. The normalized spacial score (nSPS) is 10.8. The van der Waals surface area contributed by atoms with Crippen LogP contribution in [0.25, 0.3) is 21.3 Å². The van der Waals surface area contributed by atoms with Gasteiger partial charge in [0, 0.05) is 22.9 Å². The maximum atomic E-state index is 13.1. The van der Waals surface area contributed by atoms with Gasteiger partial charge < -0.3 is 4.74 Å². The monoisotopic (exact) mass is 352 g/mol. The van der Waals surface area contributed by atoms with E-state index in [9.17, 15) is 4.79 Å². The topological polar surface area (TPSA) is 44.1 Å². The number of methoxy groups -OCH3 is 1. The van der Waals surface area contributed by atoms with Crippen LogP contribution < -0.4 is 10.3 Å². The molecule has 25 heavy (non-hydrogen) atoms. The number of aromatic nitrogens is 2. The summed E-state index contributed by atoms with van der Waals surface area (Å²) in [6.45, 7) is 4.32. The summed E-state index contributed by atoms with van der Waals surface area (Å²) >= 11 is 1.48. The van der Waals surface area contributed by atoms with Gasteiger partial charge in [-0.3, -0.25) is 9.36 Å². The van der Waals surface area contributed by atoms with Gasteiger partial charge in [-0.1, -0.05) is 24.5 Å². The SMILES string of the molecule is C#CCn1c(CCC)nc2scc(-c3cc(C)ccc3OC)c2c1=O. The van der Waals surface area contributed by atoms with Crippen LogP contribution >= 0.6 is 11.3 Å². The third-order valence-electron chi connectivity index (χ3n) is 4.14. The van der Waals surface area contributed by atoms with Crippen molar-refractivity contribution < 1.29 is 4.74 Å². The van der Waals surface area contributed by atoms with E-state index in [4.69, 9.17) is 16.1 Å². The number of benzene rings is 1. The maximum absolute atomic E-state index is 13.1. The number of thiophene rings is 1. The summed E-state index contributed by atoms with van der Waals surface area (Å²) in [4.78, 5) is 18.6. The summed E-state index contributed by atoms with van der Waals surface area (Å²) in [7, 11) is 1.64. The lowest BCUT2D eigenvalue weighted by Gasteiger charge is -2.11. The first-order chi connectivity index (χ1) is 12.1. The van der Waals surface area contributed by atoms with Gasteiger partial charge in [0.25, 0.3) is 5.56 Å². The van der Waals surface area contributed by atoms with Crippen molar-refractivity contribution in [3.63, 3.8) is 0 Å². The predicted octanol–water partition coefficient (Wildman–Crippen LogP) is 4.03. The van der Waals surface area contributed by atoms with Gasteiger partial charge in [-0.25, -0.2) is 4.98 Å². The lowest BCUT2D eigenvalue weighted by molar-refractivity contribution is 0.416. The number of fused-ring (bicyclic) bond motifs is 1. The Labute approximate surface area is 151 Å². The molecule has 5 heteroatoms. The highest BCUT2D eigenvalue weighted by Crippen LogP contribution is 2.37. The Morgan fingerprint density at radius 1 is 1.36 bits per heavy atom. The standard InChI is InChI=1S/C20H20N2O2S/c1-5-7-17-21-19-18(20(23)22(17)10-6-2)15(12-25-19)14-11-13(3)8-9-16(14)24-4/h2,8-9,11-12H,5,7,10H2,1,3-4H3. The Morgan fingerprint density at radius 3 is 2.84 bits per heavy atom. The lowest BCUT2D eigenvalue weighted by atomic mass is 10.0. The number of rotatable bonds is 5. The van der Waals surface area contributed by atoms with Crippen molar-refractivity contribution in [3.8, 4) is 29.2 Å². The summed E-state index contributed by atoms with van der Waals surface area (Å²) in [5, 5.41) is 2.59. The molecule has 0 aliphatic heterocycles. The second-order valence-corrected chi connectivity index (χ2v) is 6.76. The fourth-order valence-electron chi connectivity index (χ4n) is 2.97. The molecule has 0 saturated carbocycles. The van der Waals surface area contributed by atoms with Gasteiger partial charge in [0.2, 0.25) is 0 Å². The van der Waals surface area contributed by atoms with Crippen LogP contribution in [0, 0.1) is 19.3 Å². The summed E-state index contributed by atoms with van der Waals surface area (Å²) < 4.78 is 7.11. The van der Waals surface area contributed by atoms with Crippen LogP contribution in [0.4, 0.5) is 0 Å². The van der Waals surface area contributed by atoms with Crippen molar-refractivity contribution in [2.24, 2.45) is 0 Å². The minimum atomic E-state index is -0.0776. The first-order valence-electron chi connectivity index (χ1n) is 8.20. The molecule has 0 bridgehead atoms. The number of aryl methyl sites for hydroxylation is 2. The molecule has 0 aliphatic carbocycles. The molecule has 1 aromatic carbocycles. The molecule has 3 aromatic rings. The fourth-order valence-corrected chi connectivity index (χ4v) is 3.91. The average molecular weight is 352 g/mol. The minimum absolute atomic E-state index is 0.0776. The fraction of sp³-hybridized carbons (Fsp3) is 0.300. The van der Waals surface area contributed by atoms with Gasteiger partial charge in [-0.05, 0) is 25.5 Å². The zero-order chi connectivity index (χ0) is 18.0. The molecule has 3 rings (SSSR count). The van der Waals surface area contributed by atoms with E-state index in [2.05, 4.69) is 12.8 Å². The van der Waals surface area contributed by atoms with E-state index in [1.54, 1.807) is 11.7 Å². The highest BCUT2D eigenvalue weighted by Gasteiger charge is 2.18. The first-order valence-corrected chi connectivity index (χ1v) is 9.08. The number of nitrogens with zero attached hydrogens (tertiary/aromatic N) is 2. The molecule has 2 aromatic heterocycles. The van der Waals surface area contributed by atoms with Gasteiger partial charge in [-0.15, -0.1) is 17.8 Å². The molecule has 0 atom stereocenters. The van der Waals surface area contributed by atoms with E-state index in [-0.39, 0.29) is 12.1 Å². The van der Waals surface area contributed by atoms with Crippen LogP contribution in [-0.2, 0) is 13.0 Å². The van der Waals surface area contributed by atoms with Gasteiger partial charge in [0.05, 0.1) is 19.0 Å². The Balaban J connectivity index is 2.33. The highest BCUT2D eigenvalue weighted by molar-refractivity contribution is 7.17. The number of hydrogen-bond donors (Lipinski definition) is 0. The Bertz CT molecular complexity index is 1020. The van der Waals surface area contributed by atoms with Crippen molar-refractivity contribution in [3.05, 3.63) is 45.3 Å². The van der Waals surface area contributed by atoms with Gasteiger partial charge in [0.1, 0.15) is 16.4 Å². The number of hydrogen-bond acceptors (Lipinski definition) is 4. The van der Waals surface area contributed by atoms with Crippen LogP contribution in [0.1, 0.15) is 24.7 Å². The molecule has 0 saturated heterocycles. The van der Waals surface area contributed by atoms with Gasteiger partial charge in [0.15, 0.2) is 0 Å². The third-order valence-corrected chi connectivity index (χ3v) is 5.01. The summed E-state index contributed by atoms with van der Waals surface area (Å²) in [5.41, 5.74) is 2.79. The van der Waals surface area contributed by atoms with Crippen molar-refractivity contribution >= 4 is 21.6 Å². The minimum Gasteiger partial charge on any atom is -0.496 e. The van der Waals surface area contributed by atoms with E-state index in [0.29, 0.717) is 5.39 Å². The van der Waals surface area contributed by atoms with Crippen LogP contribution in [0.3, 0.4) is 0 Å². The van der Waals surface area contributed by atoms with Crippen LogP contribution in [0.2, 0.25) is 0 Å². The smallest absolute Gasteiger partial charge is 0.263 e. The van der Waals surface area contributed by atoms with Gasteiger partial charge in [-0.2, -0.15) is 0 Å². The molecule has 0 fully saturated rings. The molecule has 0 aliphatic rings. The molecule has 128 valence electrons. The van der Waals surface area contributed by atoms with Crippen LogP contribution in [0.5, 0.6) is 5.75 Å². The zero-order valence-corrected chi connectivity index (χ0v) is 15.4. The van der Waals surface area contributed by atoms with Crippen molar-refractivity contribution in [1.82, 2.24) is 9.55 Å². The molecule has 2 heterocycles. The molecular weight excluding hydrogens is 332 g/mol. The van der Waals surface area contributed by atoms with Gasteiger partial charge >= 0.3 is 0 Å². The van der Waals surface area contributed by atoms with Crippen molar-refractivity contribution in [2.75, 3.05) is 7.11 Å². The summed E-state index contributed by atoms with van der Waals surface area (Å²) in [6.07, 6.45) is 7.11. The Hall–Kier alpha value is -2.58. The average Bonchev–Trinajstić information content (AvgIpc) is 3.02. The number of terminal acetylenes is 1. The molecule has 0 amide bonds. The molecule has 0 N–H and O–H groups in total. The van der Waals surface area contributed by atoms with Crippen molar-refractivity contribution in [1.29, 1.82) is 0 Å². The van der Waals surface area contributed by atoms with E-state index in [1.807, 2.05) is 30.5 Å².